The van der Waals surface area contributed by atoms with Gasteiger partial charge in [-0.15, -0.1) is 22.1 Å². The molecule has 0 amide bonds. The van der Waals surface area contributed by atoms with Crippen molar-refractivity contribution >= 4 is 86.8 Å². The number of aromatic nitrogens is 4. The minimum absolute atomic E-state index is 0. The van der Waals surface area contributed by atoms with Gasteiger partial charge in [0.2, 0.25) is 0 Å². The molecule has 69 heavy (non-hydrogen) atoms. The van der Waals surface area contributed by atoms with Crippen molar-refractivity contribution in [3.05, 3.63) is 144 Å². The van der Waals surface area contributed by atoms with E-state index in [0.29, 0.717) is 89.4 Å². The average molecular weight is 1080 g/mol. The summed E-state index contributed by atoms with van der Waals surface area (Å²) >= 11 is 0. The summed E-state index contributed by atoms with van der Waals surface area (Å²) in [5.41, 5.74) is 5.63. The molecule has 7 aromatic rings. The van der Waals surface area contributed by atoms with Gasteiger partial charge < -0.3 is 28.2 Å². The van der Waals surface area contributed by atoms with Crippen LogP contribution in [-0.2, 0) is 57.3 Å². The minimum Gasteiger partial charge on any atom is -0.744 e. The molecule has 25 heteroatoms. The van der Waals surface area contributed by atoms with Crippen LogP contribution in [0.25, 0.3) is 90.9 Å². The van der Waals surface area contributed by atoms with Gasteiger partial charge >= 0.3 is 135 Å². The van der Waals surface area contributed by atoms with Crippen molar-refractivity contribution in [3.8, 4) is 44.5 Å². The van der Waals surface area contributed by atoms with Gasteiger partial charge in [-0.05, 0) is 117 Å². The molecule has 0 unspecified atom stereocenters. The third-order valence-corrected chi connectivity index (χ3v) is 13.7. The third-order valence-electron chi connectivity index (χ3n) is 10.3. The summed E-state index contributed by atoms with van der Waals surface area (Å²) in [5.74, 6) is 0. The van der Waals surface area contributed by atoms with Crippen molar-refractivity contribution in [2.45, 2.75) is 19.6 Å². The molecule has 16 nitrogen and oxygen atoms in total. The van der Waals surface area contributed by atoms with Crippen molar-refractivity contribution in [3.63, 3.8) is 0 Å². The maximum absolute atomic E-state index is 11.9. The molecule has 0 aliphatic carbocycles. The zero-order chi connectivity index (χ0) is 45.3. The Morgan fingerprint density at radius 2 is 0.478 bits per heavy atom. The maximum Gasteiger partial charge on any atom is 2.00 e. The monoisotopic (exact) mass is 1080 g/mol. The van der Waals surface area contributed by atoms with Crippen LogP contribution in [0, 0.1) is 0 Å². The summed E-state index contributed by atoms with van der Waals surface area (Å²) in [7, 11) is -19.3. The Morgan fingerprint density at radius 1 is 0.304 bits per heavy atom. The van der Waals surface area contributed by atoms with Gasteiger partial charge in [0.15, 0.2) is 0 Å². The van der Waals surface area contributed by atoms with Crippen molar-refractivity contribution in [1.82, 2.24) is 19.9 Å². The van der Waals surface area contributed by atoms with Gasteiger partial charge in [0, 0.05) is 0 Å². The Labute approximate surface area is 495 Å². The molecule has 1 radical (unpaired) electrons. The first-order chi connectivity index (χ1) is 30.2. The van der Waals surface area contributed by atoms with Crippen LogP contribution in [0.3, 0.4) is 0 Å². The van der Waals surface area contributed by atoms with Crippen molar-refractivity contribution in [2.24, 2.45) is 0 Å². The number of rotatable bonds is 8. The fourth-order valence-electron chi connectivity index (χ4n) is 7.42. The van der Waals surface area contributed by atoms with Crippen molar-refractivity contribution in [2.75, 3.05) is 0 Å². The summed E-state index contributed by atoms with van der Waals surface area (Å²) in [6.45, 7) is 0. The van der Waals surface area contributed by atoms with Crippen LogP contribution in [0.2, 0.25) is 0 Å². The van der Waals surface area contributed by atoms with E-state index in [4.69, 9.17) is 19.9 Å². The van der Waals surface area contributed by atoms with Crippen LogP contribution >= 0.6 is 0 Å². The van der Waals surface area contributed by atoms with Crippen LogP contribution < -0.4 is 128 Å². The Bertz CT molecular complexity index is 3330. The van der Waals surface area contributed by atoms with Gasteiger partial charge in [-0.1, -0.05) is 72.8 Å². The van der Waals surface area contributed by atoms with Crippen molar-refractivity contribution in [1.29, 1.82) is 0 Å². The van der Waals surface area contributed by atoms with E-state index in [1.165, 1.54) is 48.5 Å². The second-order valence-electron chi connectivity index (χ2n) is 14.3. The van der Waals surface area contributed by atoms with E-state index in [1.807, 2.05) is 0 Å². The van der Waals surface area contributed by atoms with Crippen LogP contribution in [-0.4, -0.2) is 61.9 Å². The number of fused-ring (bicyclic) bond motifs is 8. The zero-order valence-corrected chi connectivity index (χ0v) is 48.8. The molecular weight excluding hydrogens is 1060 g/mol. The van der Waals surface area contributed by atoms with Gasteiger partial charge in [-0.25, -0.2) is 43.6 Å². The number of hydrogen-bond donors (Lipinski definition) is 0. The predicted molar refractivity (Wildman–Crippen MR) is 230 cm³/mol. The molecule has 4 aromatic carbocycles. The summed E-state index contributed by atoms with van der Waals surface area (Å²) in [4.78, 5) is 18.0. The first-order valence-electron chi connectivity index (χ1n) is 18.5. The quantitative estimate of drug-likeness (QED) is 0.101. The molecule has 329 valence electrons. The third kappa shape index (κ3) is 12.5. The van der Waals surface area contributed by atoms with E-state index < -0.39 is 60.1 Å². The molecule has 0 spiro atoms. The molecule has 0 saturated carbocycles. The van der Waals surface area contributed by atoms with Gasteiger partial charge in [-0.2, -0.15) is 0 Å². The molecule has 8 bridgehead atoms. The van der Waals surface area contributed by atoms with Crippen LogP contribution in [0.4, 0.5) is 0 Å². The second kappa shape index (κ2) is 22.8. The zero-order valence-electron chi connectivity index (χ0n) is 36.5. The fraction of sp³-hybridized carbons (Fsp3) is 0. The minimum atomic E-state index is -4.82. The van der Waals surface area contributed by atoms with E-state index in [1.54, 1.807) is 48.6 Å². The molecule has 0 saturated heterocycles. The topological polar surface area (TPSA) is 283 Å². The van der Waals surface area contributed by atoms with Crippen molar-refractivity contribution < 1.29 is 187 Å². The molecule has 2 aliphatic heterocycles. The maximum atomic E-state index is 11.9. The normalized spacial score (nSPS) is 12.1. The summed E-state index contributed by atoms with van der Waals surface area (Å²) in [6.07, 6.45) is 6.65. The van der Waals surface area contributed by atoms with E-state index >= 15 is 0 Å². The molecule has 5 heterocycles. The van der Waals surface area contributed by atoms with Gasteiger partial charge in [0.25, 0.3) is 0 Å². The van der Waals surface area contributed by atoms with Crippen LogP contribution in [0.5, 0.6) is 0 Å². The summed E-state index contributed by atoms with van der Waals surface area (Å²) in [5, 5.41) is 0. The molecule has 9 rings (SSSR count). The Morgan fingerprint density at radius 3 is 0.638 bits per heavy atom. The molecule has 3 aromatic heterocycles. The standard InChI is InChI=1S/C44H28N4O12S4.Co.4Na/c49-61(50,51)29-9-1-25(2-10-29)41-33-17-19-35(45-33)42(26-3-11-30(12-4-26)62(52,53)54)37-21-23-39(47-37)44(28-7-15-32(16-8-28)64(58,59)60)40-24-22-38(48-40)43(36-20-18-34(41)46-36)27-5-13-31(14-6-27)63(55,56)57;;;;;/h1-24H,(H,49,50,51)(H,52,53,54)(H,55,56,57)(H,58,59,60);;;;;/q-2;+2;4*+1/p-4. The smallest absolute Gasteiger partial charge is 0.744 e. The Kier molecular flexibility index (Phi) is 19.6. The van der Waals surface area contributed by atoms with E-state index in [-0.39, 0.29) is 135 Å². The Balaban J connectivity index is 0.00000207. The van der Waals surface area contributed by atoms with Crippen LogP contribution in [0.1, 0.15) is 22.8 Å². The number of nitrogens with zero attached hydrogens (tertiary/aromatic N) is 4. The SMILES string of the molecule is O=S(=O)([O-])c1ccc(-c2c3nc(c(-c4ccc(S(=O)(=O)[O-])cc4)c4ccc([n-]4)c(-c4ccc(S(=O)(=O)[O-])cc4)c4nc(c(-c5ccc(S(=O)(=O)[O-])cc5)c5ccc2[n-]5)C=C4)C=C3)cc1.[Co+2].[Na+].[Na+].[Na+].[Na+]. The molecule has 2 aliphatic rings. The largest absolute Gasteiger partial charge is 2.00 e. The predicted octanol–water partition coefficient (Wildman–Crippen LogP) is -5.79. The van der Waals surface area contributed by atoms with Gasteiger partial charge in [-0.3, -0.25) is 0 Å². The first-order valence-corrected chi connectivity index (χ1v) is 24.2. The van der Waals surface area contributed by atoms with Gasteiger partial charge in [0.05, 0.1) is 42.4 Å². The molecular formula is C44H24CoN4Na4O12S4. The second-order valence-corrected chi connectivity index (χ2v) is 19.8. The number of hydrogen-bond acceptors (Lipinski definition) is 14. The first kappa shape index (κ1) is 59.2. The summed E-state index contributed by atoms with van der Waals surface area (Å²) < 4.78 is 143. The van der Waals surface area contributed by atoms with Crippen LogP contribution in [0.15, 0.2) is 141 Å². The van der Waals surface area contributed by atoms with E-state index in [0.717, 1.165) is 48.5 Å². The van der Waals surface area contributed by atoms with E-state index in [9.17, 15) is 51.9 Å². The van der Waals surface area contributed by atoms with Gasteiger partial charge in [0.1, 0.15) is 40.5 Å². The fourth-order valence-corrected chi connectivity index (χ4v) is 9.30. The summed E-state index contributed by atoms with van der Waals surface area (Å²) in [6, 6.07) is 27.2. The van der Waals surface area contributed by atoms with E-state index in [2.05, 4.69) is 0 Å². The molecule has 0 N–H and O–H groups in total. The molecule has 0 fully saturated rings. The average Bonchev–Trinajstić information content (AvgIpc) is 4.08. The Hall–Kier alpha value is -2.37. The number of benzene rings is 4. The molecule has 0 atom stereocenters.